The first-order chi connectivity index (χ1) is 12.3. The first kappa shape index (κ1) is 19.7. The summed E-state index contributed by atoms with van der Waals surface area (Å²) in [5.74, 6) is -0.881. The normalized spacial score (nSPS) is 19.3. The predicted molar refractivity (Wildman–Crippen MR) is 99.1 cm³/mol. The molecule has 0 unspecified atom stereocenters. The summed E-state index contributed by atoms with van der Waals surface area (Å²) in [6, 6.07) is 6.96. The van der Waals surface area contributed by atoms with Crippen molar-refractivity contribution in [1.82, 2.24) is 0 Å². The van der Waals surface area contributed by atoms with Gasteiger partial charge in [-0.2, -0.15) is 0 Å². The van der Waals surface area contributed by atoms with E-state index in [1.54, 1.807) is 6.07 Å². The summed E-state index contributed by atoms with van der Waals surface area (Å²) >= 11 is 0. The van der Waals surface area contributed by atoms with E-state index in [4.69, 9.17) is 20.1 Å². The topological polar surface area (TPSA) is 123 Å². The molecule has 0 aliphatic heterocycles. The van der Waals surface area contributed by atoms with E-state index >= 15 is 0 Å². The molecule has 26 heavy (non-hydrogen) atoms. The second kappa shape index (κ2) is 8.62. The molecule has 2 atom stereocenters. The molecule has 1 fully saturated rings. The molecule has 1 saturated carbocycles. The van der Waals surface area contributed by atoms with E-state index in [0.29, 0.717) is 11.3 Å². The number of carboxylic acid groups (broad SMARTS) is 1. The van der Waals surface area contributed by atoms with E-state index in [9.17, 15) is 9.59 Å². The number of rotatable bonds is 2. The number of aliphatic carboxylic acids is 1. The average Bonchev–Trinajstić information content (AvgIpc) is 2.53. The molecule has 0 radical (unpaired) electrons. The van der Waals surface area contributed by atoms with Gasteiger partial charge in [-0.25, -0.2) is 4.79 Å². The molecule has 0 spiro atoms. The third-order valence-corrected chi connectivity index (χ3v) is 4.30. The molecule has 1 aromatic carbocycles. The lowest BCUT2D eigenvalue weighted by molar-refractivity contribution is -0.134. The number of aryl methyl sites for hydroxylation is 1. The van der Waals surface area contributed by atoms with Gasteiger partial charge in [-0.1, -0.05) is 6.42 Å². The molecule has 140 valence electrons. The van der Waals surface area contributed by atoms with Gasteiger partial charge in [-0.15, -0.1) is 0 Å². The van der Waals surface area contributed by atoms with Crippen molar-refractivity contribution in [2.45, 2.75) is 45.6 Å². The summed E-state index contributed by atoms with van der Waals surface area (Å²) in [5.41, 5.74) is 7.55. The van der Waals surface area contributed by atoms with E-state index in [2.05, 4.69) is 5.32 Å². The molecule has 7 nitrogen and oxygen atoms in total. The number of hydrogen-bond donors (Lipinski definition) is 3. The molecular weight excluding hydrogens is 336 g/mol. The lowest BCUT2D eigenvalue weighted by Gasteiger charge is -2.25. The van der Waals surface area contributed by atoms with Gasteiger partial charge in [0.25, 0.3) is 5.97 Å². The van der Waals surface area contributed by atoms with Crippen LogP contribution >= 0.6 is 0 Å². The fraction of sp³-hybridized carbons (Fsp3) is 0.421. The van der Waals surface area contributed by atoms with Gasteiger partial charge in [-0.3, -0.25) is 9.59 Å². The highest BCUT2D eigenvalue weighted by Crippen LogP contribution is 2.26. The van der Waals surface area contributed by atoms with Gasteiger partial charge in [0.1, 0.15) is 5.58 Å². The van der Waals surface area contributed by atoms with Crippen molar-refractivity contribution < 1.29 is 19.1 Å². The van der Waals surface area contributed by atoms with Gasteiger partial charge < -0.3 is 20.6 Å². The summed E-state index contributed by atoms with van der Waals surface area (Å²) in [4.78, 5) is 32.8. The van der Waals surface area contributed by atoms with Crippen molar-refractivity contribution in [3.8, 4) is 0 Å². The summed E-state index contributed by atoms with van der Waals surface area (Å²) in [5, 5.41) is 11.2. The Hall–Kier alpha value is -2.67. The number of nitrogens with two attached hydrogens (primary N) is 1. The summed E-state index contributed by atoms with van der Waals surface area (Å²) in [6.07, 6.45) is 3.59. The lowest BCUT2D eigenvalue weighted by atomic mass is 9.85. The van der Waals surface area contributed by atoms with Crippen LogP contribution < -0.4 is 16.7 Å². The Morgan fingerprint density at radius 3 is 2.62 bits per heavy atom. The van der Waals surface area contributed by atoms with Gasteiger partial charge in [0.2, 0.25) is 5.91 Å². The van der Waals surface area contributed by atoms with Gasteiger partial charge in [-0.05, 0) is 43.9 Å². The van der Waals surface area contributed by atoms with Gasteiger partial charge in [0.15, 0.2) is 0 Å². The quantitative estimate of drug-likeness (QED) is 0.708. The van der Waals surface area contributed by atoms with E-state index < -0.39 is 5.97 Å². The molecule has 1 heterocycles. The molecule has 1 aliphatic carbocycles. The van der Waals surface area contributed by atoms with Crippen LogP contribution in [0.25, 0.3) is 11.0 Å². The number of anilines is 1. The molecule has 2 aromatic rings. The van der Waals surface area contributed by atoms with Crippen molar-refractivity contribution in [3.63, 3.8) is 0 Å². The zero-order valence-electron chi connectivity index (χ0n) is 15.0. The Morgan fingerprint density at radius 1 is 1.27 bits per heavy atom. The van der Waals surface area contributed by atoms with Crippen LogP contribution in [0, 0.1) is 12.8 Å². The molecule has 1 aliphatic rings. The third-order valence-electron chi connectivity index (χ3n) is 4.30. The van der Waals surface area contributed by atoms with Crippen LogP contribution in [-0.4, -0.2) is 23.0 Å². The molecule has 0 saturated heterocycles. The van der Waals surface area contributed by atoms with Crippen LogP contribution in [-0.2, 0) is 9.59 Å². The van der Waals surface area contributed by atoms with E-state index in [1.165, 1.54) is 6.07 Å². The summed E-state index contributed by atoms with van der Waals surface area (Å²) in [6.45, 7) is 2.95. The smallest absolute Gasteiger partial charge is 0.336 e. The minimum absolute atomic E-state index is 0.00972. The number of carboxylic acids is 1. The number of amides is 1. The van der Waals surface area contributed by atoms with Gasteiger partial charge in [0.05, 0.1) is 0 Å². The highest BCUT2D eigenvalue weighted by Gasteiger charge is 2.25. The van der Waals surface area contributed by atoms with Gasteiger partial charge in [0, 0.05) is 42.1 Å². The maximum absolute atomic E-state index is 12.3. The lowest BCUT2D eigenvalue weighted by Crippen LogP contribution is -2.34. The second-order valence-electron chi connectivity index (χ2n) is 6.59. The number of nitrogens with one attached hydrogen (secondary N) is 1. The minimum Gasteiger partial charge on any atom is -0.481 e. The largest absolute Gasteiger partial charge is 0.481 e. The number of benzene rings is 1. The minimum atomic E-state index is -0.833. The monoisotopic (exact) mass is 360 g/mol. The van der Waals surface area contributed by atoms with Crippen LogP contribution in [0.5, 0.6) is 0 Å². The van der Waals surface area contributed by atoms with Crippen molar-refractivity contribution in [3.05, 3.63) is 40.2 Å². The maximum Gasteiger partial charge on any atom is 0.336 e. The Balaban J connectivity index is 0.000000552. The van der Waals surface area contributed by atoms with Crippen LogP contribution in [0.4, 0.5) is 5.69 Å². The number of carbonyl (C=O) groups is 2. The predicted octanol–water partition coefficient (Wildman–Crippen LogP) is 2.65. The molecule has 7 heteroatoms. The van der Waals surface area contributed by atoms with E-state index in [-0.39, 0.29) is 23.5 Å². The van der Waals surface area contributed by atoms with Crippen molar-refractivity contribution in [2.24, 2.45) is 11.7 Å². The summed E-state index contributed by atoms with van der Waals surface area (Å²) in [7, 11) is 0. The van der Waals surface area contributed by atoms with Crippen LogP contribution in [0.2, 0.25) is 0 Å². The van der Waals surface area contributed by atoms with Crippen LogP contribution in [0.1, 0.15) is 38.2 Å². The maximum atomic E-state index is 12.3. The standard InChI is InChI=1S/C17H20N2O3.C2H4O2/c1-10-7-16(20)22-15-9-13(5-6-14(10)15)19-17(21)11-3-2-4-12(18)8-11;1-2(3)4/h5-7,9,11-12H,2-4,8,18H2,1H3,(H,19,21);1H3,(H,3,4)/t11-,12+;/m1./s1. The molecule has 4 N–H and O–H groups in total. The molecule has 1 amide bonds. The molecule has 1 aromatic heterocycles. The highest BCUT2D eigenvalue weighted by atomic mass is 16.4. The summed E-state index contributed by atoms with van der Waals surface area (Å²) < 4.78 is 5.20. The zero-order chi connectivity index (χ0) is 19.3. The van der Waals surface area contributed by atoms with Crippen LogP contribution in [0.15, 0.2) is 33.5 Å². The Labute approximate surface area is 151 Å². The van der Waals surface area contributed by atoms with E-state index in [0.717, 1.165) is 43.6 Å². The number of fused-ring (bicyclic) bond motifs is 1. The fourth-order valence-electron chi connectivity index (χ4n) is 3.11. The van der Waals surface area contributed by atoms with Gasteiger partial charge >= 0.3 is 5.63 Å². The van der Waals surface area contributed by atoms with E-state index in [1.807, 2.05) is 19.1 Å². The fourth-order valence-corrected chi connectivity index (χ4v) is 3.11. The average molecular weight is 360 g/mol. The third kappa shape index (κ3) is 5.42. The Bertz CT molecular complexity index is 855. The first-order valence-corrected chi connectivity index (χ1v) is 8.56. The first-order valence-electron chi connectivity index (χ1n) is 8.56. The van der Waals surface area contributed by atoms with Crippen molar-refractivity contribution in [2.75, 3.05) is 5.32 Å². The second-order valence-corrected chi connectivity index (χ2v) is 6.59. The highest BCUT2D eigenvalue weighted by molar-refractivity contribution is 5.95. The Morgan fingerprint density at radius 2 is 1.96 bits per heavy atom. The van der Waals surface area contributed by atoms with Crippen molar-refractivity contribution >= 4 is 28.5 Å². The SMILES string of the molecule is CC(=O)O.Cc1cc(=O)oc2cc(NC(=O)[C@@H]3CCC[C@H](N)C3)ccc12. The number of hydrogen-bond acceptors (Lipinski definition) is 5. The Kier molecular flexibility index (Phi) is 6.52. The molecular formula is C19H24N2O5. The van der Waals surface area contributed by atoms with Crippen molar-refractivity contribution in [1.29, 1.82) is 0 Å². The molecule has 3 rings (SSSR count). The zero-order valence-corrected chi connectivity index (χ0v) is 15.0. The molecule has 0 bridgehead atoms. The van der Waals surface area contributed by atoms with Crippen LogP contribution in [0.3, 0.4) is 0 Å². The number of carbonyl (C=O) groups excluding carboxylic acids is 1.